The van der Waals surface area contributed by atoms with Gasteiger partial charge in [-0.15, -0.1) is 24.0 Å². The van der Waals surface area contributed by atoms with E-state index in [-0.39, 0.29) is 24.0 Å². The number of likely N-dealkylation sites (tertiary alicyclic amines) is 1. The van der Waals surface area contributed by atoms with E-state index < -0.39 is 0 Å². The smallest absolute Gasteiger partial charge is 0.191 e. The van der Waals surface area contributed by atoms with E-state index in [2.05, 4.69) is 27.4 Å². The van der Waals surface area contributed by atoms with Crippen LogP contribution in [-0.2, 0) is 0 Å². The lowest BCUT2D eigenvalue weighted by molar-refractivity contribution is 0.206. The zero-order valence-corrected chi connectivity index (χ0v) is 17.5. The van der Waals surface area contributed by atoms with Gasteiger partial charge in [-0.3, -0.25) is 4.99 Å². The summed E-state index contributed by atoms with van der Waals surface area (Å²) in [7, 11) is 1.89. The number of guanidine groups is 1. The lowest BCUT2D eigenvalue weighted by Crippen LogP contribution is -2.48. The van der Waals surface area contributed by atoms with Crippen molar-refractivity contribution in [3.8, 4) is 0 Å². The standard InChI is InChI=1S/C18H36N4.HI/c1-3-13-22-14-10-17(11-15-22)21-18(19-2)20-12-6-9-16-7-4-5-8-16;/h16-17H,3-15H2,1-2H3,(H2,19,20,21);1H. The highest BCUT2D eigenvalue weighted by atomic mass is 127. The van der Waals surface area contributed by atoms with Crippen molar-refractivity contribution in [2.75, 3.05) is 33.2 Å². The molecule has 0 atom stereocenters. The number of aliphatic imine (C=N–C) groups is 1. The van der Waals surface area contributed by atoms with Crippen molar-refractivity contribution in [3.05, 3.63) is 0 Å². The predicted molar refractivity (Wildman–Crippen MR) is 111 cm³/mol. The van der Waals surface area contributed by atoms with Crippen LogP contribution in [0, 0.1) is 5.92 Å². The summed E-state index contributed by atoms with van der Waals surface area (Å²) in [4.78, 5) is 6.97. The molecule has 0 bridgehead atoms. The normalized spacial score (nSPS) is 21.2. The van der Waals surface area contributed by atoms with Crippen LogP contribution in [0.1, 0.15) is 64.7 Å². The van der Waals surface area contributed by atoms with E-state index >= 15 is 0 Å². The average Bonchev–Trinajstić information content (AvgIpc) is 3.05. The third-order valence-corrected chi connectivity index (χ3v) is 5.25. The molecule has 1 aliphatic carbocycles. The minimum atomic E-state index is 0. The van der Waals surface area contributed by atoms with Crippen LogP contribution in [-0.4, -0.2) is 50.1 Å². The maximum atomic E-state index is 4.39. The van der Waals surface area contributed by atoms with Crippen molar-refractivity contribution >= 4 is 29.9 Å². The van der Waals surface area contributed by atoms with Gasteiger partial charge in [-0.05, 0) is 44.6 Å². The van der Waals surface area contributed by atoms with E-state index in [9.17, 15) is 0 Å². The van der Waals surface area contributed by atoms with Crippen molar-refractivity contribution in [3.63, 3.8) is 0 Å². The monoisotopic (exact) mass is 436 g/mol. The molecular formula is C18H37IN4. The lowest BCUT2D eigenvalue weighted by atomic mass is 10.0. The molecule has 0 amide bonds. The molecular weight excluding hydrogens is 399 g/mol. The van der Waals surface area contributed by atoms with Crippen LogP contribution in [0.3, 0.4) is 0 Å². The summed E-state index contributed by atoms with van der Waals surface area (Å²) < 4.78 is 0. The highest BCUT2D eigenvalue weighted by Gasteiger charge is 2.19. The summed E-state index contributed by atoms with van der Waals surface area (Å²) in [5.74, 6) is 2.00. The minimum absolute atomic E-state index is 0. The SMILES string of the molecule is CCCN1CCC(NC(=NC)NCCCC2CCCC2)CC1.I. The molecule has 2 N–H and O–H groups in total. The van der Waals surface area contributed by atoms with E-state index in [1.165, 1.54) is 77.4 Å². The number of nitrogens with zero attached hydrogens (tertiary/aromatic N) is 2. The number of hydrogen-bond donors (Lipinski definition) is 2. The van der Waals surface area contributed by atoms with Crippen LogP contribution in [0.15, 0.2) is 4.99 Å². The number of rotatable bonds is 7. The second-order valence-electron chi connectivity index (χ2n) is 7.05. The molecule has 0 unspecified atom stereocenters. The Kier molecular flexibility index (Phi) is 11.3. The molecule has 2 rings (SSSR count). The van der Waals surface area contributed by atoms with E-state index in [0.717, 1.165) is 18.4 Å². The van der Waals surface area contributed by atoms with E-state index in [1.807, 2.05) is 7.05 Å². The molecule has 0 spiro atoms. The molecule has 0 aromatic carbocycles. The molecule has 5 heteroatoms. The minimum Gasteiger partial charge on any atom is -0.356 e. The lowest BCUT2D eigenvalue weighted by Gasteiger charge is -2.32. The van der Waals surface area contributed by atoms with Crippen molar-refractivity contribution in [2.24, 2.45) is 10.9 Å². The van der Waals surface area contributed by atoms with E-state index in [0.29, 0.717) is 6.04 Å². The molecule has 1 saturated carbocycles. The summed E-state index contributed by atoms with van der Waals surface area (Å²) in [6, 6.07) is 0.592. The van der Waals surface area contributed by atoms with Gasteiger partial charge in [0, 0.05) is 32.7 Å². The van der Waals surface area contributed by atoms with Crippen molar-refractivity contribution in [1.82, 2.24) is 15.5 Å². The van der Waals surface area contributed by atoms with Gasteiger partial charge in [0.1, 0.15) is 0 Å². The maximum absolute atomic E-state index is 4.39. The molecule has 1 saturated heterocycles. The molecule has 4 nitrogen and oxygen atoms in total. The van der Waals surface area contributed by atoms with Gasteiger partial charge in [0.05, 0.1) is 0 Å². The second kappa shape index (κ2) is 12.3. The molecule has 1 heterocycles. The fourth-order valence-corrected chi connectivity index (χ4v) is 3.90. The molecule has 0 aromatic rings. The summed E-state index contributed by atoms with van der Waals surface area (Å²) in [6.45, 7) is 7.03. The van der Waals surface area contributed by atoms with Gasteiger partial charge in [-0.2, -0.15) is 0 Å². The van der Waals surface area contributed by atoms with Crippen LogP contribution < -0.4 is 10.6 Å². The first kappa shape index (κ1) is 21.0. The highest BCUT2D eigenvalue weighted by Crippen LogP contribution is 2.28. The van der Waals surface area contributed by atoms with Crippen molar-refractivity contribution in [1.29, 1.82) is 0 Å². The number of nitrogens with one attached hydrogen (secondary N) is 2. The number of hydrogen-bond acceptors (Lipinski definition) is 2. The Labute approximate surface area is 160 Å². The Balaban J connectivity index is 0.00000264. The van der Waals surface area contributed by atoms with Crippen molar-refractivity contribution in [2.45, 2.75) is 70.8 Å². The molecule has 136 valence electrons. The molecule has 23 heavy (non-hydrogen) atoms. The molecule has 2 fully saturated rings. The fourth-order valence-electron chi connectivity index (χ4n) is 3.90. The van der Waals surface area contributed by atoms with Crippen molar-refractivity contribution < 1.29 is 0 Å². The summed E-state index contributed by atoms with van der Waals surface area (Å²) in [5.41, 5.74) is 0. The first-order valence-corrected chi connectivity index (χ1v) is 9.51. The summed E-state index contributed by atoms with van der Waals surface area (Å²) in [5, 5.41) is 7.11. The Hall–Kier alpha value is -0.0400. The fraction of sp³-hybridized carbons (Fsp3) is 0.944. The van der Waals surface area contributed by atoms with E-state index in [1.54, 1.807) is 0 Å². The zero-order chi connectivity index (χ0) is 15.6. The topological polar surface area (TPSA) is 39.7 Å². The predicted octanol–water partition coefficient (Wildman–Crippen LogP) is 3.61. The second-order valence-corrected chi connectivity index (χ2v) is 7.05. The molecule has 1 aliphatic heterocycles. The van der Waals surface area contributed by atoms with Gasteiger partial charge in [-0.1, -0.05) is 32.6 Å². The van der Waals surface area contributed by atoms with Gasteiger partial charge in [0.25, 0.3) is 0 Å². The Morgan fingerprint density at radius 2 is 1.83 bits per heavy atom. The third-order valence-electron chi connectivity index (χ3n) is 5.25. The van der Waals surface area contributed by atoms with Crippen LogP contribution in [0.2, 0.25) is 0 Å². The van der Waals surface area contributed by atoms with Crippen LogP contribution in [0.25, 0.3) is 0 Å². The van der Waals surface area contributed by atoms with Crippen LogP contribution >= 0.6 is 24.0 Å². The Morgan fingerprint density at radius 1 is 1.13 bits per heavy atom. The largest absolute Gasteiger partial charge is 0.356 e. The first-order valence-electron chi connectivity index (χ1n) is 9.51. The van der Waals surface area contributed by atoms with Crippen LogP contribution in [0.5, 0.6) is 0 Å². The summed E-state index contributed by atoms with van der Waals surface area (Å²) >= 11 is 0. The van der Waals surface area contributed by atoms with Gasteiger partial charge >= 0.3 is 0 Å². The zero-order valence-electron chi connectivity index (χ0n) is 15.1. The maximum Gasteiger partial charge on any atom is 0.191 e. The van der Waals surface area contributed by atoms with Crippen LogP contribution in [0.4, 0.5) is 0 Å². The first-order chi connectivity index (χ1) is 10.8. The molecule has 0 radical (unpaired) electrons. The number of halogens is 1. The quantitative estimate of drug-likeness (QED) is 0.277. The number of piperidine rings is 1. The Morgan fingerprint density at radius 3 is 2.43 bits per heavy atom. The third kappa shape index (κ3) is 8.05. The van der Waals surface area contributed by atoms with E-state index in [4.69, 9.17) is 0 Å². The molecule has 2 aliphatic rings. The molecule has 0 aromatic heterocycles. The van der Waals surface area contributed by atoms with Gasteiger partial charge in [-0.25, -0.2) is 0 Å². The summed E-state index contributed by atoms with van der Waals surface area (Å²) in [6.07, 6.45) is 12.2. The highest BCUT2D eigenvalue weighted by molar-refractivity contribution is 14.0. The van der Waals surface area contributed by atoms with Gasteiger partial charge in [0.2, 0.25) is 0 Å². The Bertz CT molecular complexity index is 321. The average molecular weight is 436 g/mol. The van der Waals surface area contributed by atoms with Gasteiger partial charge < -0.3 is 15.5 Å². The van der Waals surface area contributed by atoms with Gasteiger partial charge in [0.15, 0.2) is 5.96 Å².